The van der Waals surface area contributed by atoms with E-state index < -0.39 is 6.09 Å². The molecular weight excluding hydrogens is 412 g/mol. The number of hydrogen-bond donors (Lipinski definition) is 4. The molecule has 0 saturated heterocycles. The molecule has 10 nitrogen and oxygen atoms in total. The van der Waals surface area contributed by atoms with Gasteiger partial charge in [0.05, 0.1) is 26.5 Å². The lowest BCUT2D eigenvalue weighted by Gasteiger charge is -2.36. The van der Waals surface area contributed by atoms with E-state index in [1.807, 2.05) is 18.2 Å². The molecule has 0 radical (unpaired) electrons. The number of fused-ring (bicyclic) bond motifs is 1. The monoisotopic (exact) mass is 438 g/mol. The molecular formula is C22H26N6O4. The number of methoxy groups -OCH3 is 1. The Morgan fingerprint density at radius 1 is 1.31 bits per heavy atom. The van der Waals surface area contributed by atoms with Crippen LogP contribution in [0.5, 0.6) is 5.75 Å². The molecule has 0 aliphatic heterocycles. The molecule has 1 amide bonds. The zero-order valence-corrected chi connectivity index (χ0v) is 17.8. The van der Waals surface area contributed by atoms with Crippen LogP contribution in [0.15, 0.2) is 24.4 Å². The van der Waals surface area contributed by atoms with Gasteiger partial charge in [0, 0.05) is 12.1 Å². The first-order valence-corrected chi connectivity index (χ1v) is 10.7. The second-order valence-corrected chi connectivity index (χ2v) is 8.82. The highest BCUT2D eigenvalue weighted by molar-refractivity contribution is 5.89. The van der Waals surface area contributed by atoms with E-state index in [-0.39, 0.29) is 12.6 Å². The van der Waals surface area contributed by atoms with E-state index in [0.29, 0.717) is 40.5 Å². The van der Waals surface area contributed by atoms with Crippen LogP contribution in [0.25, 0.3) is 11.0 Å². The number of nitrogens with one attached hydrogen (secondary N) is 2. The Balaban J connectivity index is 1.47. The summed E-state index contributed by atoms with van der Waals surface area (Å²) in [5.74, 6) is 1.84. The first-order valence-electron chi connectivity index (χ1n) is 10.7. The molecule has 2 aromatic heterocycles. The number of aliphatic hydroxyl groups excluding tert-OH is 1. The largest absolute Gasteiger partial charge is 0.496 e. The fourth-order valence-corrected chi connectivity index (χ4v) is 4.74. The summed E-state index contributed by atoms with van der Waals surface area (Å²) in [6.07, 6.45) is 5.53. The molecule has 2 heterocycles. The van der Waals surface area contributed by atoms with Crippen LogP contribution in [0.2, 0.25) is 0 Å². The van der Waals surface area contributed by atoms with Crippen molar-refractivity contribution in [2.75, 3.05) is 24.3 Å². The molecule has 1 aromatic carbocycles. The van der Waals surface area contributed by atoms with Gasteiger partial charge in [0.1, 0.15) is 16.8 Å². The summed E-state index contributed by atoms with van der Waals surface area (Å²) in [6.45, 7) is 1.09. The van der Waals surface area contributed by atoms with Crippen LogP contribution >= 0.6 is 0 Å². The molecule has 2 aliphatic carbocycles. The van der Waals surface area contributed by atoms with Gasteiger partial charge in [-0.05, 0) is 54.7 Å². The predicted molar refractivity (Wildman–Crippen MR) is 118 cm³/mol. The lowest BCUT2D eigenvalue weighted by atomic mass is 9.72. The predicted octanol–water partition coefficient (Wildman–Crippen LogP) is 3.07. The van der Waals surface area contributed by atoms with Crippen LogP contribution in [0.4, 0.5) is 16.6 Å². The standard InChI is InChI=1S/C22H26N6O4/c1-32-17-3-2-13(12-29)6-15(17)11-28-18-16(10-24-28)25-20(27-21(30)31)26-19(18)23-9-14-7-22(8-14)4-5-22/h2-3,6,10,14,29H,4-5,7-9,11-12H2,1H3,(H,30,31)(H2,23,25,26,27). The van der Waals surface area contributed by atoms with E-state index in [1.54, 1.807) is 18.0 Å². The molecule has 0 unspecified atom stereocenters. The van der Waals surface area contributed by atoms with Crippen molar-refractivity contribution in [3.8, 4) is 5.75 Å². The second-order valence-electron chi connectivity index (χ2n) is 8.82. The topological polar surface area (TPSA) is 134 Å². The van der Waals surface area contributed by atoms with E-state index >= 15 is 0 Å². The summed E-state index contributed by atoms with van der Waals surface area (Å²) in [5, 5.41) is 28.7. The fourth-order valence-electron chi connectivity index (χ4n) is 4.74. The van der Waals surface area contributed by atoms with Crippen molar-refractivity contribution >= 4 is 28.9 Å². The minimum atomic E-state index is -1.22. The van der Waals surface area contributed by atoms with Crippen molar-refractivity contribution in [3.05, 3.63) is 35.5 Å². The Morgan fingerprint density at radius 2 is 2.12 bits per heavy atom. The van der Waals surface area contributed by atoms with Crippen molar-refractivity contribution in [2.45, 2.75) is 38.8 Å². The van der Waals surface area contributed by atoms with Gasteiger partial charge in [-0.2, -0.15) is 10.1 Å². The molecule has 2 fully saturated rings. The number of amides is 1. The van der Waals surface area contributed by atoms with E-state index in [1.165, 1.54) is 25.7 Å². The van der Waals surface area contributed by atoms with Gasteiger partial charge >= 0.3 is 6.09 Å². The molecule has 1 spiro atoms. The fraction of sp³-hybridized carbons (Fsp3) is 0.455. The summed E-state index contributed by atoms with van der Waals surface area (Å²) < 4.78 is 7.25. The Bertz CT molecular complexity index is 1160. The number of hydrogen-bond acceptors (Lipinski definition) is 7. The number of aliphatic hydroxyl groups is 1. The molecule has 3 aromatic rings. The number of carboxylic acid groups (broad SMARTS) is 1. The van der Waals surface area contributed by atoms with Gasteiger partial charge < -0.3 is 20.3 Å². The first kappa shape index (κ1) is 20.5. The zero-order chi connectivity index (χ0) is 22.3. The summed E-state index contributed by atoms with van der Waals surface area (Å²) in [7, 11) is 1.60. The summed E-state index contributed by atoms with van der Waals surface area (Å²) in [6, 6.07) is 5.51. The van der Waals surface area contributed by atoms with Crippen molar-refractivity contribution in [1.82, 2.24) is 19.7 Å². The average molecular weight is 438 g/mol. The van der Waals surface area contributed by atoms with Gasteiger partial charge in [-0.3, -0.25) is 10.00 Å². The lowest BCUT2D eigenvalue weighted by molar-refractivity contribution is 0.180. The van der Waals surface area contributed by atoms with Gasteiger partial charge in [0.15, 0.2) is 5.82 Å². The van der Waals surface area contributed by atoms with Crippen LogP contribution in [0.3, 0.4) is 0 Å². The highest BCUT2D eigenvalue weighted by Crippen LogP contribution is 2.63. The van der Waals surface area contributed by atoms with Crippen LogP contribution < -0.4 is 15.4 Å². The minimum Gasteiger partial charge on any atom is -0.496 e. The molecule has 32 heavy (non-hydrogen) atoms. The normalized spacial score (nSPS) is 16.7. The SMILES string of the molecule is COc1ccc(CO)cc1Cn1ncc2nc(NC(=O)O)nc(NCC3CC4(CC4)C3)c21. The third-order valence-electron chi connectivity index (χ3n) is 6.51. The van der Waals surface area contributed by atoms with Crippen molar-refractivity contribution in [3.63, 3.8) is 0 Å². The highest BCUT2D eigenvalue weighted by Gasteiger charge is 2.52. The number of ether oxygens (including phenoxy) is 1. The summed E-state index contributed by atoms with van der Waals surface area (Å²) in [4.78, 5) is 19.9. The van der Waals surface area contributed by atoms with Gasteiger partial charge in [0.2, 0.25) is 5.95 Å². The third kappa shape index (κ3) is 3.93. The van der Waals surface area contributed by atoms with E-state index in [4.69, 9.17) is 9.84 Å². The molecule has 0 bridgehead atoms. The zero-order valence-electron chi connectivity index (χ0n) is 17.8. The third-order valence-corrected chi connectivity index (χ3v) is 6.51. The lowest BCUT2D eigenvalue weighted by Crippen LogP contribution is -2.31. The number of carbonyl (C=O) groups is 1. The van der Waals surface area contributed by atoms with Crippen LogP contribution in [-0.2, 0) is 13.2 Å². The second kappa shape index (κ2) is 7.94. The molecule has 168 valence electrons. The van der Waals surface area contributed by atoms with Gasteiger partial charge in [0.25, 0.3) is 0 Å². The number of aromatic nitrogens is 4. The number of rotatable bonds is 8. The maximum atomic E-state index is 11.1. The maximum absolute atomic E-state index is 11.1. The average Bonchev–Trinajstić information content (AvgIpc) is 3.45. The van der Waals surface area contributed by atoms with E-state index in [9.17, 15) is 9.90 Å². The molecule has 2 aliphatic rings. The maximum Gasteiger partial charge on any atom is 0.411 e. The number of anilines is 2. The van der Waals surface area contributed by atoms with Crippen LogP contribution in [0.1, 0.15) is 36.8 Å². The number of nitrogens with zero attached hydrogens (tertiary/aromatic N) is 4. The molecule has 10 heteroatoms. The quantitative estimate of drug-likeness (QED) is 0.422. The molecule has 2 saturated carbocycles. The Morgan fingerprint density at radius 3 is 2.81 bits per heavy atom. The van der Waals surface area contributed by atoms with E-state index in [0.717, 1.165) is 17.7 Å². The number of benzene rings is 1. The summed E-state index contributed by atoms with van der Waals surface area (Å²) in [5.41, 5.74) is 3.48. The Hall–Kier alpha value is -3.40. The van der Waals surface area contributed by atoms with Gasteiger partial charge in [-0.1, -0.05) is 6.07 Å². The highest BCUT2D eigenvalue weighted by atomic mass is 16.5. The Kier molecular flexibility index (Phi) is 5.09. The summed E-state index contributed by atoms with van der Waals surface area (Å²) >= 11 is 0. The van der Waals surface area contributed by atoms with Crippen molar-refractivity contribution < 1.29 is 19.7 Å². The van der Waals surface area contributed by atoms with Crippen molar-refractivity contribution in [2.24, 2.45) is 11.3 Å². The minimum absolute atomic E-state index is 0.0131. The van der Waals surface area contributed by atoms with Crippen LogP contribution in [0, 0.1) is 11.3 Å². The Labute approximate surface area is 184 Å². The van der Waals surface area contributed by atoms with Crippen LogP contribution in [-0.4, -0.2) is 49.7 Å². The van der Waals surface area contributed by atoms with Gasteiger partial charge in [-0.15, -0.1) is 0 Å². The first-order chi connectivity index (χ1) is 15.5. The molecule has 4 N–H and O–H groups in total. The van der Waals surface area contributed by atoms with Gasteiger partial charge in [-0.25, -0.2) is 9.78 Å². The molecule has 0 atom stereocenters. The molecule has 5 rings (SSSR count). The van der Waals surface area contributed by atoms with Crippen molar-refractivity contribution in [1.29, 1.82) is 0 Å². The smallest absolute Gasteiger partial charge is 0.411 e. The van der Waals surface area contributed by atoms with E-state index in [2.05, 4.69) is 25.7 Å².